The van der Waals surface area contributed by atoms with E-state index < -0.39 is 6.10 Å². The van der Waals surface area contributed by atoms with Gasteiger partial charge in [0.05, 0.1) is 12.7 Å². The zero-order valence-corrected chi connectivity index (χ0v) is 11.5. The number of hydrogen-bond acceptors (Lipinski definition) is 7. The number of aliphatic hydroxyl groups excluding tert-OH is 2. The van der Waals surface area contributed by atoms with E-state index in [-0.39, 0.29) is 6.61 Å². The summed E-state index contributed by atoms with van der Waals surface area (Å²) in [6.07, 6.45) is 1.21. The number of nitrogens with zero attached hydrogens (tertiary/aromatic N) is 2. The molecule has 0 spiro atoms. The maximum Gasteiger partial charge on any atom is 0.190 e. The summed E-state index contributed by atoms with van der Waals surface area (Å²) in [5.41, 5.74) is 0. The van der Waals surface area contributed by atoms with Gasteiger partial charge in [0.15, 0.2) is 5.16 Å². The van der Waals surface area contributed by atoms with Gasteiger partial charge >= 0.3 is 0 Å². The van der Waals surface area contributed by atoms with Crippen molar-refractivity contribution in [1.82, 2.24) is 9.97 Å². The number of thioether (sulfide) groups is 2. The third-order valence-corrected chi connectivity index (χ3v) is 3.46. The van der Waals surface area contributed by atoms with Crippen LogP contribution in [0.15, 0.2) is 16.2 Å². The van der Waals surface area contributed by atoms with E-state index in [1.165, 1.54) is 23.5 Å². The van der Waals surface area contributed by atoms with Gasteiger partial charge < -0.3 is 15.5 Å². The van der Waals surface area contributed by atoms with Crippen LogP contribution >= 0.6 is 23.5 Å². The zero-order chi connectivity index (χ0) is 12.7. The van der Waals surface area contributed by atoms with Crippen LogP contribution in [0.2, 0.25) is 0 Å². The maximum absolute atomic E-state index is 9.28. The summed E-state index contributed by atoms with van der Waals surface area (Å²) < 4.78 is 0. The highest BCUT2D eigenvalue weighted by atomic mass is 32.2. The Labute approximate surface area is 109 Å². The maximum atomic E-state index is 9.28. The monoisotopic (exact) mass is 275 g/mol. The molecule has 1 unspecified atom stereocenters. The molecule has 0 radical (unpaired) electrons. The smallest absolute Gasteiger partial charge is 0.190 e. The summed E-state index contributed by atoms with van der Waals surface area (Å²) >= 11 is 2.88. The van der Waals surface area contributed by atoms with Gasteiger partial charge in [-0.3, -0.25) is 0 Å². The number of aliphatic hydroxyl groups is 2. The molecule has 1 heterocycles. The van der Waals surface area contributed by atoms with Crippen molar-refractivity contribution in [1.29, 1.82) is 0 Å². The van der Waals surface area contributed by atoms with Crippen molar-refractivity contribution < 1.29 is 10.2 Å². The van der Waals surface area contributed by atoms with Crippen LogP contribution in [0.4, 0.5) is 5.82 Å². The standard InChI is InChI=1S/C10H17N3O2S2/c1-3-11-8-4-9(13-10(12-8)16-2)17-6-7(15)5-14/h4,7,14-15H,3,5-6H2,1-2H3,(H,11,12,13). The molecule has 0 amide bonds. The molecule has 1 aromatic heterocycles. The van der Waals surface area contributed by atoms with Gasteiger partial charge in [-0.25, -0.2) is 9.97 Å². The third kappa shape index (κ3) is 5.12. The Hall–Kier alpha value is -0.500. The molecule has 3 N–H and O–H groups in total. The van der Waals surface area contributed by atoms with Gasteiger partial charge in [0.1, 0.15) is 10.8 Å². The fourth-order valence-corrected chi connectivity index (χ4v) is 2.33. The number of rotatable bonds is 7. The van der Waals surface area contributed by atoms with Gasteiger partial charge in [-0.05, 0) is 13.2 Å². The van der Waals surface area contributed by atoms with Crippen LogP contribution in [0.1, 0.15) is 6.92 Å². The van der Waals surface area contributed by atoms with E-state index >= 15 is 0 Å². The van der Waals surface area contributed by atoms with E-state index in [4.69, 9.17) is 5.11 Å². The van der Waals surface area contributed by atoms with Crippen LogP contribution in [-0.4, -0.2) is 51.4 Å². The first-order valence-corrected chi connectivity index (χ1v) is 7.49. The Morgan fingerprint density at radius 1 is 1.47 bits per heavy atom. The Bertz CT molecular complexity index is 352. The molecule has 1 aromatic rings. The van der Waals surface area contributed by atoms with E-state index in [1.807, 2.05) is 19.2 Å². The Morgan fingerprint density at radius 3 is 2.82 bits per heavy atom. The molecule has 0 aliphatic rings. The van der Waals surface area contributed by atoms with Crippen LogP contribution in [-0.2, 0) is 0 Å². The summed E-state index contributed by atoms with van der Waals surface area (Å²) in [6.45, 7) is 2.57. The minimum absolute atomic E-state index is 0.229. The van der Waals surface area contributed by atoms with E-state index in [9.17, 15) is 5.11 Å². The fourth-order valence-electron chi connectivity index (χ4n) is 1.08. The molecule has 1 rings (SSSR count). The molecule has 0 aliphatic carbocycles. The highest BCUT2D eigenvalue weighted by Gasteiger charge is 2.07. The second-order valence-electron chi connectivity index (χ2n) is 3.26. The van der Waals surface area contributed by atoms with Gasteiger partial charge in [0.2, 0.25) is 0 Å². The Kier molecular flexibility index (Phi) is 6.64. The summed E-state index contributed by atoms with van der Waals surface area (Å²) in [4.78, 5) is 8.63. The lowest BCUT2D eigenvalue weighted by atomic mass is 10.4. The quantitative estimate of drug-likeness (QED) is 0.390. The van der Waals surface area contributed by atoms with Crippen LogP contribution in [0, 0.1) is 0 Å². The molecule has 0 saturated heterocycles. The van der Waals surface area contributed by atoms with Crippen molar-refractivity contribution in [2.24, 2.45) is 0 Å². The zero-order valence-electron chi connectivity index (χ0n) is 9.88. The molecule has 0 aliphatic heterocycles. The number of aromatic nitrogens is 2. The predicted molar refractivity (Wildman–Crippen MR) is 71.8 cm³/mol. The normalized spacial score (nSPS) is 12.5. The first-order chi connectivity index (χ1) is 8.19. The Balaban J connectivity index is 2.72. The van der Waals surface area contributed by atoms with Crippen LogP contribution in [0.5, 0.6) is 0 Å². The highest BCUT2D eigenvalue weighted by Crippen LogP contribution is 2.22. The molecule has 7 heteroatoms. The van der Waals surface area contributed by atoms with Gasteiger partial charge in [-0.1, -0.05) is 11.8 Å². The van der Waals surface area contributed by atoms with E-state index in [1.54, 1.807) is 0 Å². The van der Waals surface area contributed by atoms with Crippen molar-refractivity contribution in [3.05, 3.63) is 6.07 Å². The van der Waals surface area contributed by atoms with Crippen molar-refractivity contribution >= 4 is 29.3 Å². The van der Waals surface area contributed by atoms with Gasteiger partial charge in [-0.2, -0.15) is 0 Å². The van der Waals surface area contributed by atoms with Crippen LogP contribution in [0.3, 0.4) is 0 Å². The second kappa shape index (κ2) is 7.75. The topological polar surface area (TPSA) is 78.3 Å². The van der Waals surface area contributed by atoms with Crippen LogP contribution in [0.25, 0.3) is 0 Å². The predicted octanol–water partition coefficient (Wildman–Crippen LogP) is 1.08. The van der Waals surface area contributed by atoms with E-state index in [2.05, 4.69) is 15.3 Å². The summed E-state index contributed by atoms with van der Waals surface area (Å²) in [7, 11) is 0. The average molecular weight is 275 g/mol. The van der Waals surface area contributed by atoms with Crippen LogP contribution < -0.4 is 5.32 Å². The molecule has 0 aromatic carbocycles. The minimum Gasteiger partial charge on any atom is -0.394 e. The first-order valence-electron chi connectivity index (χ1n) is 5.28. The molecule has 1 atom stereocenters. The fraction of sp³-hybridized carbons (Fsp3) is 0.600. The van der Waals surface area contributed by atoms with E-state index in [0.29, 0.717) is 10.9 Å². The summed E-state index contributed by atoms with van der Waals surface area (Å²) in [5, 5.41) is 22.7. The largest absolute Gasteiger partial charge is 0.394 e. The van der Waals surface area contributed by atoms with E-state index in [0.717, 1.165) is 17.4 Å². The lowest BCUT2D eigenvalue weighted by molar-refractivity contribution is 0.113. The molecule has 0 bridgehead atoms. The number of nitrogens with one attached hydrogen (secondary N) is 1. The SMILES string of the molecule is CCNc1cc(SCC(O)CO)nc(SC)n1. The third-order valence-electron chi connectivity index (χ3n) is 1.86. The lowest BCUT2D eigenvalue weighted by Gasteiger charge is -2.09. The minimum atomic E-state index is -0.713. The van der Waals surface area contributed by atoms with Gasteiger partial charge in [0, 0.05) is 18.4 Å². The van der Waals surface area contributed by atoms with Crippen molar-refractivity contribution in [3.8, 4) is 0 Å². The molecule has 5 nitrogen and oxygen atoms in total. The summed E-state index contributed by atoms with van der Waals surface area (Å²) in [6, 6.07) is 1.85. The molecule has 17 heavy (non-hydrogen) atoms. The highest BCUT2D eigenvalue weighted by molar-refractivity contribution is 7.99. The first kappa shape index (κ1) is 14.6. The lowest BCUT2D eigenvalue weighted by Crippen LogP contribution is -2.14. The molecular formula is C10H17N3O2S2. The van der Waals surface area contributed by atoms with Crippen molar-refractivity contribution in [2.75, 3.05) is 30.5 Å². The molecule has 0 fully saturated rings. The van der Waals surface area contributed by atoms with Gasteiger partial charge in [0.25, 0.3) is 0 Å². The molecular weight excluding hydrogens is 258 g/mol. The average Bonchev–Trinajstić information content (AvgIpc) is 2.36. The number of anilines is 1. The number of hydrogen-bond donors (Lipinski definition) is 3. The molecule has 96 valence electrons. The second-order valence-corrected chi connectivity index (χ2v) is 5.07. The Morgan fingerprint density at radius 2 is 2.24 bits per heavy atom. The van der Waals surface area contributed by atoms with Crippen molar-refractivity contribution in [3.63, 3.8) is 0 Å². The van der Waals surface area contributed by atoms with Crippen molar-refractivity contribution in [2.45, 2.75) is 23.2 Å². The van der Waals surface area contributed by atoms with Gasteiger partial charge in [-0.15, -0.1) is 11.8 Å². The summed E-state index contributed by atoms with van der Waals surface area (Å²) in [5.74, 6) is 1.21. The molecule has 0 saturated carbocycles.